The molecule has 5 rings (SSSR count). The summed E-state index contributed by atoms with van der Waals surface area (Å²) in [5, 5.41) is 10.2. The molecular weight excluding hydrogens is 436 g/mol. The van der Waals surface area contributed by atoms with Crippen LogP contribution in [0, 0.1) is 11.6 Å². The quantitative estimate of drug-likeness (QED) is 0.449. The molecule has 2 aromatic heterocycles. The molecule has 2 heterocycles. The largest absolute Gasteiger partial charge is 0.373 e. The molecule has 0 saturated heterocycles. The average molecular weight is 454 g/mol. The van der Waals surface area contributed by atoms with E-state index < -0.39 is 5.82 Å². The van der Waals surface area contributed by atoms with E-state index in [0.29, 0.717) is 11.6 Å². The van der Waals surface area contributed by atoms with E-state index in [0.717, 1.165) is 35.5 Å². The Morgan fingerprint density at radius 1 is 1.09 bits per heavy atom. The highest BCUT2D eigenvalue weighted by Crippen LogP contribution is 2.40. The lowest BCUT2D eigenvalue weighted by Crippen LogP contribution is -2.08. The first-order valence-electron chi connectivity index (χ1n) is 10.00. The van der Waals surface area contributed by atoms with Gasteiger partial charge in [0.25, 0.3) is 0 Å². The van der Waals surface area contributed by atoms with Crippen molar-refractivity contribution in [1.29, 1.82) is 0 Å². The Labute approximate surface area is 187 Å². The maximum Gasteiger partial charge on any atom is 0.242 e. The van der Waals surface area contributed by atoms with Crippen molar-refractivity contribution in [3.05, 3.63) is 82.5 Å². The highest BCUT2D eigenvalue weighted by atomic mass is 35.5. The van der Waals surface area contributed by atoms with E-state index >= 15 is 0 Å². The molecule has 2 aromatic carbocycles. The van der Waals surface area contributed by atoms with Gasteiger partial charge in [0.15, 0.2) is 5.82 Å². The fourth-order valence-corrected chi connectivity index (χ4v) is 4.13. The molecule has 32 heavy (non-hydrogen) atoms. The molecule has 0 amide bonds. The zero-order valence-corrected chi connectivity index (χ0v) is 17.7. The summed E-state index contributed by atoms with van der Waals surface area (Å²) in [6.45, 7) is 0. The van der Waals surface area contributed by atoms with Crippen molar-refractivity contribution in [1.82, 2.24) is 24.7 Å². The average Bonchev–Trinajstić information content (AvgIpc) is 3.40. The molecule has 1 aliphatic carbocycles. The van der Waals surface area contributed by atoms with E-state index in [4.69, 9.17) is 16.6 Å². The van der Waals surface area contributed by atoms with Gasteiger partial charge in [-0.25, -0.2) is 23.4 Å². The van der Waals surface area contributed by atoms with Crippen molar-refractivity contribution >= 4 is 29.1 Å². The van der Waals surface area contributed by atoms with Crippen LogP contribution in [0.3, 0.4) is 0 Å². The maximum absolute atomic E-state index is 14.7. The van der Waals surface area contributed by atoms with Gasteiger partial charge in [-0.3, -0.25) is 0 Å². The van der Waals surface area contributed by atoms with Crippen LogP contribution in [0.15, 0.2) is 48.8 Å². The van der Waals surface area contributed by atoms with Crippen LogP contribution in [0.2, 0.25) is 5.28 Å². The summed E-state index contributed by atoms with van der Waals surface area (Å²) >= 11 is 5.72. The summed E-state index contributed by atoms with van der Waals surface area (Å²) in [4.78, 5) is 13.1. The summed E-state index contributed by atoms with van der Waals surface area (Å²) in [5.74, 6) is 0.328. The van der Waals surface area contributed by atoms with E-state index in [1.54, 1.807) is 31.3 Å². The van der Waals surface area contributed by atoms with Gasteiger partial charge in [-0.2, -0.15) is 4.98 Å². The number of anilines is 3. The van der Waals surface area contributed by atoms with E-state index in [1.165, 1.54) is 29.2 Å². The Bertz CT molecular complexity index is 1290. The first-order valence-corrected chi connectivity index (χ1v) is 10.4. The van der Waals surface area contributed by atoms with Crippen LogP contribution in [0.1, 0.15) is 29.2 Å². The molecule has 0 fully saturated rings. The van der Waals surface area contributed by atoms with E-state index in [9.17, 15) is 8.78 Å². The predicted octanol–water partition coefficient (Wildman–Crippen LogP) is 4.85. The summed E-state index contributed by atoms with van der Waals surface area (Å²) < 4.78 is 29.3. The van der Waals surface area contributed by atoms with Crippen molar-refractivity contribution in [3.63, 3.8) is 0 Å². The van der Waals surface area contributed by atoms with Crippen molar-refractivity contribution < 1.29 is 8.78 Å². The van der Waals surface area contributed by atoms with E-state index in [1.807, 2.05) is 0 Å². The Balaban J connectivity index is 1.46. The standard InChI is InChI=1S/C22H18ClF2N7/c1-26-20-16-8-7-15(12-2-4-13(24)5-3-12)19(16)29-22(30-20)28-14-6-9-18(17(25)10-14)32-11-27-21(23)31-32/h2-6,9-11,15H,7-8H2,1H3,(H2,26,28,29,30). The smallest absolute Gasteiger partial charge is 0.242 e. The summed E-state index contributed by atoms with van der Waals surface area (Å²) in [6.07, 6.45) is 3.02. The van der Waals surface area contributed by atoms with Gasteiger partial charge in [0.05, 0.1) is 5.69 Å². The Morgan fingerprint density at radius 3 is 2.59 bits per heavy atom. The van der Waals surface area contributed by atoms with Crippen LogP contribution in [0.5, 0.6) is 0 Å². The molecule has 0 saturated carbocycles. The number of benzene rings is 2. The van der Waals surface area contributed by atoms with Gasteiger partial charge in [-0.15, -0.1) is 5.10 Å². The minimum atomic E-state index is -0.504. The molecular formula is C22H18ClF2N7. The number of aromatic nitrogens is 5. The Morgan fingerprint density at radius 2 is 1.91 bits per heavy atom. The van der Waals surface area contributed by atoms with Crippen LogP contribution in [0.25, 0.3) is 5.69 Å². The van der Waals surface area contributed by atoms with E-state index in [-0.39, 0.29) is 22.7 Å². The van der Waals surface area contributed by atoms with Gasteiger partial charge < -0.3 is 10.6 Å². The molecule has 1 aliphatic rings. The van der Waals surface area contributed by atoms with E-state index in [2.05, 4.69) is 25.7 Å². The minimum absolute atomic E-state index is 0.0356. The van der Waals surface area contributed by atoms with Crippen molar-refractivity contribution in [2.75, 3.05) is 17.7 Å². The zero-order chi connectivity index (χ0) is 22.2. The third-order valence-electron chi connectivity index (χ3n) is 5.48. The normalized spacial score (nSPS) is 14.9. The lowest BCUT2D eigenvalue weighted by atomic mass is 9.97. The summed E-state index contributed by atoms with van der Waals surface area (Å²) in [5.41, 5.74) is 3.62. The van der Waals surface area contributed by atoms with Gasteiger partial charge in [0.2, 0.25) is 11.2 Å². The second-order valence-corrected chi connectivity index (χ2v) is 7.74. The van der Waals surface area contributed by atoms with Crippen LogP contribution < -0.4 is 10.6 Å². The first-order chi connectivity index (χ1) is 15.5. The van der Waals surface area contributed by atoms with Gasteiger partial charge >= 0.3 is 0 Å². The highest BCUT2D eigenvalue weighted by Gasteiger charge is 2.29. The van der Waals surface area contributed by atoms with Gasteiger partial charge in [-0.1, -0.05) is 12.1 Å². The second kappa shape index (κ2) is 8.16. The van der Waals surface area contributed by atoms with Gasteiger partial charge in [-0.05, 0) is 60.3 Å². The third kappa shape index (κ3) is 3.75. The van der Waals surface area contributed by atoms with Crippen LogP contribution >= 0.6 is 11.6 Å². The number of halogens is 3. The molecule has 0 spiro atoms. The topological polar surface area (TPSA) is 80.5 Å². The number of hydrogen-bond donors (Lipinski definition) is 2. The SMILES string of the molecule is CNc1nc(Nc2ccc(-n3cnc(Cl)n3)c(F)c2)nc2c1CCC2c1ccc(F)cc1. The zero-order valence-electron chi connectivity index (χ0n) is 17.0. The van der Waals surface area contributed by atoms with Crippen LogP contribution in [-0.2, 0) is 6.42 Å². The van der Waals surface area contributed by atoms with Gasteiger partial charge in [0.1, 0.15) is 23.6 Å². The first kappa shape index (κ1) is 20.3. The minimum Gasteiger partial charge on any atom is -0.373 e. The number of nitrogens with zero attached hydrogens (tertiary/aromatic N) is 5. The fraction of sp³-hybridized carbons (Fsp3) is 0.182. The molecule has 7 nitrogen and oxygen atoms in total. The fourth-order valence-electron chi connectivity index (χ4n) is 4.00. The second-order valence-electron chi connectivity index (χ2n) is 7.40. The molecule has 0 radical (unpaired) electrons. The lowest BCUT2D eigenvalue weighted by Gasteiger charge is -2.15. The van der Waals surface area contributed by atoms with Gasteiger partial charge in [0, 0.05) is 24.2 Å². The number of rotatable bonds is 5. The predicted molar refractivity (Wildman–Crippen MR) is 118 cm³/mol. The highest BCUT2D eigenvalue weighted by molar-refractivity contribution is 6.28. The van der Waals surface area contributed by atoms with Crippen LogP contribution in [0.4, 0.5) is 26.2 Å². The van der Waals surface area contributed by atoms with Crippen LogP contribution in [-0.4, -0.2) is 31.8 Å². The number of nitrogens with one attached hydrogen (secondary N) is 2. The Hall–Kier alpha value is -3.59. The van der Waals surface area contributed by atoms with Crippen molar-refractivity contribution in [3.8, 4) is 5.69 Å². The number of hydrogen-bond acceptors (Lipinski definition) is 6. The number of fused-ring (bicyclic) bond motifs is 1. The summed E-state index contributed by atoms with van der Waals surface area (Å²) in [6, 6.07) is 11.1. The maximum atomic E-state index is 14.7. The monoisotopic (exact) mass is 453 g/mol. The molecule has 162 valence electrons. The molecule has 0 bridgehead atoms. The summed E-state index contributed by atoms with van der Waals surface area (Å²) in [7, 11) is 1.80. The molecule has 0 aliphatic heterocycles. The third-order valence-corrected chi connectivity index (χ3v) is 5.65. The lowest BCUT2D eigenvalue weighted by molar-refractivity contribution is 0.611. The molecule has 2 N–H and O–H groups in total. The Kier molecular flexibility index (Phi) is 5.18. The van der Waals surface area contributed by atoms with Crippen molar-refractivity contribution in [2.45, 2.75) is 18.8 Å². The molecule has 1 atom stereocenters. The van der Waals surface area contributed by atoms with Crippen molar-refractivity contribution in [2.24, 2.45) is 0 Å². The molecule has 1 unspecified atom stereocenters. The molecule has 4 aromatic rings. The molecule has 10 heteroatoms.